The van der Waals surface area contributed by atoms with E-state index in [0.717, 1.165) is 18.4 Å². The van der Waals surface area contributed by atoms with Crippen LogP contribution in [0.15, 0.2) is 35.7 Å². The van der Waals surface area contributed by atoms with Crippen LogP contribution in [-0.2, 0) is 10.2 Å². The lowest BCUT2D eigenvalue weighted by molar-refractivity contribution is -0.126. The van der Waals surface area contributed by atoms with Crippen molar-refractivity contribution in [3.05, 3.63) is 46.9 Å². The Bertz CT molecular complexity index is 779. The molecule has 4 N–H and O–H groups in total. The number of benzene rings is 1. The summed E-state index contributed by atoms with van der Waals surface area (Å²) in [4.78, 5) is 12.5. The number of piperidine rings is 1. The van der Waals surface area contributed by atoms with Crippen LogP contribution in [-0.4, -0.2) is 40.3 Å². The maximum atomic E-state index is 12.5. The van der Waals surface area contributed by atoms with Crippen LogP contribution in [0.1, 0.15) is 36.3 Å². The Morgan fingerprint density at radius 1 is 1.30 bits per heavy atom. The van der Waals surface area contributed by atoms with Gasteiger partial charge in [0.15, 0.2) is 0 Å². The van der Waals surface area contributed by atoms with Crippen molar-refractivity contribution in [1.82, 2.24) is 5.32 Å². The van der Waals surface area contributed by atoms with Gasteiger partial charge in [-0.25, -0.2) is 0 Å². The molecule has 1 saturated heterocycles. The largest absolute Gasteiger partial charge is 0.392 e. The number of thioether (sulfide) groups is 1. The summed E-state index contributed by atoms with van der Waals surface area (Å²) < 4.78 is 0. The molecule has 27 heavy (non-hydrogen) atoms. The summed E-state index contributed by atoms with van der Waals surface area (Å²) >= 11 is 8.16. The molecule has 1 aromatic rings. The number of rotatable bonds is 3. The van der Waals surface area contributed by atoms with Crippen molar-refractivity contribution in [2.75, 3.05) is 6.54 Å². The Morgan fingerprint density at radius 3 is 2.70 bits per heavy atom. The summed E-state index contributed by atoms with van der Waals surface area (Å²) in [6.45, 7) is 0.689. The Labute approximate surface area is 168 Å². The van der Waals surface area contributed by atoms with Crippen LogP contribution >= 0.6 is 23.4 Å². The molecule has 3 fully saturated rings. The average molecular weight is 405 g/mol. The third kappa shape index (κ3) is 2.78. The number of allylic oxidation sites excluding steroid dienone is 1. The average Bonchev–Trinajstić information content (AvgIpc) is 3.31. The van der Waals surface area contributed by atoms with Crippen LogP contribution in [0, 0.1) is 11.8 Å². The monoisotopic (exact) mass is 404 g/mol. The molecule has 4 aliphatic rings. The predicted octanol–water partition coefficient (Wildman–Crippen LogP) is 2.49. The normalized spacial score (nSPS) is 41.6. The topological polar surface area (TPSA) is 75.3 Å². The minimum Gasteiger partial charge on any atom is -0.392 e. The zero-order chi connectivity index (χ0) is 18.8. The molecule has 2 aliphatic heterocycles. The number of fused-ring (bicyclic) bond motifs is 3. The number of aliphatic hydroxyl groups excluding tert-OH is 1. The fourth-order valence-electron chi connectivity index (χ4n) is 5.40. The number of amides is 1. The molecule has 2 heterocycles. The van der Waals surface area contributed by atoms with Gasteiger partial charge in [0.2, 0.25) is 5.91 Å². The van der Waals surface area contributed by atoms with E-state index >= 15 is 0 Å². The first-order valence-corrected chi connectivity index (χ1v) is 11.2. The number of carbonyl (C=O) groups excluding carboxylic acids is 1. The third-order valence-electron chi connectivity index (χ3n) is 7.14. The summed E-state index contributed by atoms with van der Waals surface area (Å²) in [6.07, 6.45) is 4.45. The number of nitrogens with one attached hydrogen (secondary N) is 1. The highest BCUT2D eigenvalue weighted by Gasteiger charge is 2.54. The van der Waals surface area contributed by atoms with Crippen molar-refractivity contribution in [3.63, 3.8) is 0 Å². The molecule has 7 unspecified atom stereocenters. The minimum absolute atomic E-state index is 0.0245. The second-order valence-corrected chi connectivity index (χ2v) is 10.1. The molecule has 6 heteroatoms. The first-order chi connectivity index (χ1) is 13.0. The molecule has 7 atom stereocenters. The number of nitrogens with two attached hydrogens (primary N) is 1. The summed E-state index contributed by atoms with van der Waals surface area (Å²) in [5, 5.41) is 15.8. The van der Waals surface area contributed by atoms with Crippen LogP contribution in [0.4, 0.5) is 0 Å². The van der Waals surface area contributed by atoms with Crippen LogP contribution in [0.2, 0.25) is 0 Å². The first-order valence-electron chi connectivity index (χ1n) is 9.79. The van der Waals surface area contributed by atoms with E-state index in [1.54, 1.807) is 11.8 Å². The summed E-state index contributed by atoms with van der Waals surface area (Å²) in [6, 6.07) is 8.57. The third-order valence-corrected chi connectivity index (χ3v) is 8.73. The maximum Gasteiger partial charge on any atom is 0.234 e. The van der Waals surface area contributed by atoms with Gasteiger partial charge in [-0.15, -0.1) is 23.4 Å². The van der Waals surface area contributed by atoms with Gasteiger partial charge in [-0.2, -0.15) is 0 Å². The van der Waals surface area contributed by atoms with E-state index in [-0.39, 0.29) is 45.7 Å². The second-order valence-electron chi connectivity index (χ2n) is 8.53. The standard InChI is InChI=1S/C21H25ClN2O2S/c22-14-9-15(25)16(11-1-3-12(4-2-11)21(10-23)6-7-21)17-13-5-8-27-19(13)20(26)24-18(14)17/h1-5,8,13-19,25H,6-7,9-10,23H2,(H,24,26). The van der Waals surface area contributed by atoms with Gasteiger partial charge >= 0.3 is 0 Å². The van der Waals surface area contributed by atoms with Crippen molar-refractivity contribution < 1.29 is 9.90 Å². The lowest BCUT2D eigenvalue weighted by atomic mass is 9.63. The molecule has 2 aliphatic carbocycles. The fourth-order valence-corrected chi connectivity index (χ4v) is 6.90. The lowest BCUT2D eigenvalue weighted by Crippen LogP contribution is -2.63. The molecule has 0 spiro atoms. The summed E-state index contributed by atoms with van der Waals surface area (Å²) in [5.74, 6) is 0.281. The molecule has 0 aromatic heterocycles. The fraction of sp³-hybridized carbons (Fsp3) is 0.571. The highest BCUT2D eigenvalue weighted by Crippen LogP contribution is 2.52. The van der Waals surface area contributed by atoms with Gasteiger partial charge in [0, 0.05) is 29.8 Å². The van der Waals surface area contributed by atoms with Gasteiger partial charge < -0.3 is 16.2 Å². The molecule has 1 amide bonds. The van der Waals surface area contributed by atoms with Gasteiger partial charge in [-0.05, 0) is 41.7 Å². The zero-order valence-electron chi connectivity index (χ0n) is 15.1. The van der Waals surface area contributed by atoms with E-state index in [2.05, 4.69) is 35.7 Å². The number of alkyl halides is 1. The summed E-state index contributed by atoms with van der Waals surface area (Å²) in [5.41, 5.74) is 8.58. The molecule has 144 valence electrons. The quantitative estimate of drug-likeness (QED) is 0.676. The van der Waals surface area contributed by atoms with E-state index in [1.165, 1.54) is 5.56 Å². The van der Waals surface area contributed by atoms with Crippen LogP contribution in [0.3, 0.4) is 0 Å². The van der Waals surface area contributed by atoms with Gasteiger partial charge in [-0.1, -0.05) is 30.3 Å². The van der Waals surface area contributed by atoms with Gasteiger partial charge in [-0.3, -0.25) is 4.79 Å². The molecule has 5 rings (SSSR count). The van der Waals surface area contributed by atoms with Crippen molar-refractivity contribution in [2.45, 2.75) is 53.4 Å². The van der Waals surface area contributed by atoms with Crippen LogP contribution < -0.4 is 11.1 Å². The van der Waals surface area contributed by atoms with E-state index in [1.807, 2.05) is 5.41 Å². The molecule has 4 nitrogen and oxygen atoms in total. The molecular formula is C21H25ClN2O2S. The lowest BCUT2D eigenvalue weighted by Gasteiger charge is -2.50. The van der Waals surface area contributed by atoms with Crippen LogP contribution in [0.25, 0.3) is 0 Å². The van der Waals surface area contributed by atoms with Crippen molar-refractivity contribution in [2.24, 2.45) is 17.6 Å². The zero-order valence-corrected chi connectivity index (χ0v) is 16.6. The van der Waals surface area contributed by atoms with E-state index in [0.29, 0.717) is 13.0 Å². The number of halogens is 1. The van der Waals surface area contributed by atoms with E-state index in [9.17, 15) is 9.90 Å². The second kappa shape index (κ2) is 6.51. The van der Waals surface area contributed by atoms with E-state index < -0.39 is 6.10 Å². The minimum atomic E-state index is -0.501. The predicted molar refractivity (Wildman–Crippen MR) is 109 cm³/mol. The Kier molecular flexibility index (Phi) is 4.35. The van der Waals surface area contributed by atoms with Crippen molar-refractivity contribution in [3.8, 4) is 0 Å². The molecule has 1 aromatic carbocycles. The number of hydrogen-bond donors (Lipinski definition) is 3. The van der Waals surface area contributed by atoms with Gasteiger partial charge in [0.25, 0.3) is 0 Å². The highest BCUT2D eigenvalue weighted by atomic mass is 35.5. The van der Waals surface area contributed by atoms with Crippen molar-refractivity contribution in [1.29, 1.82) is 0 Å². The smallest absolute Gasteiger partial charge is 0.234 e. The molecule has 2 saturated carbocycles. The molecular weight excluding hydrogens is 380 g/mol. The highest BCUT2D eigenvalue weighted by molar-refractivity contribution is 8.03. The first kappa shape index (κ1) is 18.0. The molecule has 0 bridgehead atoms. The summed E-state index contributed by atoms with van der Waals surface area (Å²) in [7, 11) is 0. The molecule has 0 radical (unpaired) electrons. The SMILES string of the molecule is NCC1(c2ccc(C3C(O)CC(Cl)C4NC(=O)C5SC=CC5C43)cc2)CC1. The van der Waals surface area contributed by atoms with Crippen molar-refractivity contribution >= 4 is 29.3 Å². The Morgan fingerprint density at radius 2 is 2.04 bits per heavy atom. The Balaban J connectivity index is 1.50. The van der Waals surface area contributed by atoms with Crippen LogP contribution in [0.5, 0.6) is 0 Å². The number of carbonyl (C=O) groups is 1. The van der Waals surface area contributed by atoms with Gasteiger partial charge in [0.1, 0.15) is 0 Å². The number of aliphatic hydroxyl groups is 1. The maximum absolute atomic E-state index is 12.5. The van der Waals surface area contributed by atoms with Gasteiger partial charge in [0.05, 0.1) is 16.7 Å². The Hall–Kier alpha value is -1.01. The van der Waals surface area contributed by atoms with E-state index in [4.69, 9.17) is 17.3 Å². The number of hydrogen-bond acceptors (Lipinski definition) is 4.